The highest BCUT2D eigenvalue weighted by Gasteiger charge is 2.07. The second-order valence-corrected chi connectivity index (χ2v) is 4.31. The van der Waals surface area contributed by atoms with Gasteiger partial charge in [-0.15, -0.1) is 0 Å². The summed E-state index contributed by atoms with van der Waals surface area (Å²) in [6.07, 6.45) is 0.759. The molecule has 16 heavy (non-hydrogen) atoms. The summed E-state index contributed by atoms with van der Waals surface area (Å²) < 4.78 is 0. The van der Waals surface area contributed by atoms with Crippen molar-refractivity contribution in [3.63, 3.8) is 0 Å². The molecule has 3 heteroatoms. The van der Waals surface area contributed by atoms with E-state index in [-0.39, 0.29) is 0 Å². The number of carbonyl (C=O) groups is 1. The Labute approximate surface area is 96.5 Å². The third kappa shape index (κ3) is 4.03. The molecule has 1 aromatic rings. The zero-order valence-electron chi connectivity index (χ0n) is 9.86. The molecule has 0 aliphatic carbocycles. The summed E-state index contributed by atoms with van der Waals surface area (Å²) in [4.78, 5) is 10.9. The molecule has 3 nitrogen and oxygen atoms in total. The molecule has 0 radical (unpaired) electrons. The van der Waals surface area contributed by atoms with E-state index in [4.69, 9.17) is 5.11 Å². The smallest absolute Gasteiger partial charge is 0.335 e. The molecule has 0 aliphatic heterocycles. The standard InChI is InChI=1S/C13H19NO2/c1-10(2)9-14-8-7-11-5-3-4-6-12(11)13(15)16/h3-6,10,14H,7-9H2,1-2H3,(H,15,16). The lowest BCUT2D eigenvalue weighted by Crippen LogP contribution is -2.22. The second-order valence-electron chi connectivity index (χ2n) is 4.31. The van der Waals surface area contributed by atoms with Gasteiger partial charge in [0.15, 0.2) is 0 Å². The Morgan fingerprint density at radius 2 is 2.06 bits per heavy atom. The van der Waals surface area contributed by atoms with Crippen LogP contribution in [0.3, 0.4) is 0 Å². The van der Waals surface area contributed by atoms with Crippen molar-refractivity contribution < 1.29 is 9.90 Å². The van der Waals surface area contributed by atoms with Crippen LogP contribution in [-0.4, -0.2) is 24.2 Å². The van der Waals surface area contributed by atoms with Crippen LogP contribution < -0.4 is 5.32 Å². The lowest BCUT2D eigenvalue weighted by atomic mass is 10.0. The molecule has 0 saturated carbocycles. The Bertz CT molecular complexity index is 348. The quantitative estimate of drug-likeness (QED) is 0.724. The van der Waals surface area contributed by atoms with Crippen molar-refractivity contribution in [1.82, 2.24) is 5.32 Å². The van der Waals surface area contributed by atoms with Crippen LogP contribution in [0.4, 0.5) is 0 Å². The molecule has 2 N–H and O–H groups in total. The van der Waals surface area contributed by atoms with Gasteiger partial charge < -0.3 is 10.4 Å². The highest BCUT2D eigenvalue weighted by Crippen LogP contribution is 2.08. The number of hydrogen-bond acceptors (Lipinski definition) is 2. The van der Waals surface area contributed by atoms with Gasteiger partial charge in [0, 0.05) is 0 Å². The number of hydrogen-bond donors (Lipinski definition) is 2. The van der Waals surface area contributed by atoms with Gasteiger partial charge in [-0.1, -0.05) is 32.0 Å². The molecule has 0 saturated heterocycles. The maximum atomic E-state index is 10.9. The summed E-state index contributed by atoms with van der Waals surface area (Å²) in [5, 5.41) is 12.3. The Kier molecular flexibility index (Phi) is 4.99. The SMILES string of the molecule is CC(C)CNCCc1ccccc1C(=O)O. The first kappa shape index (κ1) is 12.7. The van der Waals surface area contributed by atoms with Gasteiger partial charge in [-0.2, -0.15) is 0 Å². The minimum absolute atomic E-state index is 0.411. The fourth-order valence-electron chi connectivity index (χ4n) is 1.56. The number of nitrogens with one attached hydrogen (secondary N) is 1. The van der Waals surface area contributed by atoms with E-state index >= 15 is 0 Å². The van der Waals surface area contributed by atoms with E-state index in [1.807, 2.05) is 12.1 Å². The maximum Gasteiger partial charge on any atom is 0.335 e. The van der Waals surface area contributed by atoms with Crippen LogP contribution in [0.5, 0.6) is 0 Å². The van der Waals surface area contributed by atoms with Crippen molar-refractivity contribution in [2.75, 3.05) is 13.1 Å². The molecule has 0 fully saturated rings. The predicted octanol–water partition coefficient (Wildman–Crippen LogP) is 2.17. The minimum atomic E-state index is -0.848. The van der Waals surface area contributed by atoms with Crippen molar-refractivity contribution in [3.8, 4) is 0 Å². The number of rotatable bonds is 6. The topological polar surface area (TPSA) is 49.3 Å². The van der Waals surface area contributed by atoms with Gasteiger partial charge in [-0.3, -0.25) is 0 Å². The Balaban J connectivity index is 2.50. The van der Waals surface area contributed by atoms with E-state index in [1.54, 1.807) is 12.1 Å². The van der Waals surface area contributed by atoms with Crippen LogP contribution in [0.25, 0.3) is 0 Å². The van der Waals surface area contributed by atoms with Gasteiger partial charge >= 0.3 is 5.97 Å². The summed E-state index contributed by atoms with van der Waals surface area (Å²) in [5.74, 6) is -0.228. The van der Waals surface area contributed by atoms with Gasteiger partial charge in [-0.25, -0.2) is 4.79 Å². The van der Waals surface area contributed by atoms with Crippen molar-refractivity contribution in [3.05, 3.63) is 35.4 Å². The molecule has 1 aromatic carbocycles. The van der Waals surface area contributed by atoms with Crippen LogP contribution in [0.15, 0.2) is 24.3 Å². The molecule has 0 bridgehead atoms. The molecule has 0 unspecified atom stereocenters. The monoisotopic (exact) mass is 221 g/mol. The Morgan fingerprint density at radius 3 is 2.69 bits per heavy atom. The van der Waals surface area contributed by atoms with Gasteiger partial charge in [0.1, 0.15) is 0 Å². The molecule has 0 aromatic heterocycles. The average molecular weight is 221 g/mol. The van der Waals surface area contributed by atoms with Crippen molar-refractivity contribution in [1.29, 1.82) is 0 Å². The summed E-state index contributed by atoms with van der Waals surface area (Å²) in [7, 11) is 0. The zero-order valence-corrected chi connectivity index (χ0v) is 9.86. The van der Waals surface area contributed by atoms with E-state index in [2.05, 4.69) is 19.2 Å². The lowest BCUT2D eigenvalue weighted by Gasteiger charge is -2.08. The van der Waals surface area contributed by atoms with Gasteiger partial charge in [-0.05, 0) is 37.1 Å². The molecule has 0 aliphatic rings. The van der Waals surface area contributed by atoms with E-state index in [1.165, 1.54) is 0 Å². The van der Waals surface area contributed by atoms with E-state index in [0.717, 1.165) is 25.1 Å². The van der Waals surface area contributed by atoms with Crippen molar-refractivity contribution >= 4 is 5.97 Å². The van der Waals surface area contributed by atoms with E-state index in [0.29, 0.717) is 11.5 Å². The van der Waals surface area contributed by atoms with Crippen molar-refractivity contribution in [2.45, 2.75) is 20.3 Å². The second kappa shape index (κ2) is 6.28. The molecular weight excluding hydrogens is 202 g/mol. The van der Waals surface area contributed by atoms with Crippen LogP contribution >= 0.6 is 0 Å². The summed E-state index contributed by atoms with van der Waals surface area (Å²) in [5.41, 5.74) is 1.31. The molecule has 0 heterocycles. The van der Waals surface area contributed by atoms with E-state index < -0.39 is 5.97 Å². The van der Waals surface area contributed by atoms with Gasteiger partial charge in [0.05, 0.1) is 5.56 Å². The van der Waals surface area contributed by atoms with Crippen LogP contribution in [0.1, 0.15) is 29.8 Å². The maximum absolute atomic E-state index is 10.9. The molecular formula is C13H19NO2. The number of carboxylic acids is 1. The van der Waals surface area contributed by atoms with Crippen LogP contribution in [0.2, 0.25) is 0 Å². The first-order valence-corrected chi connectivity index (χ1v) is 5.63. The van der Waals surface area contributed by atoms with E-state index in [9.17, 15) is 4.79 Å². The highest BCUT2D eigenvalue weighted by molar-refractivity contribution is 5.89. The number of carboxylic acid groups (broad SMARTS) is 1. The third-order valence-electron chi connectivity index (χ3n) is 2.37. The Morgan fingerprint density at radius 1 is 1.38 bits per heavy atom. The minimum Gasteiger partial charge on any atom is -0.478 e. The molecule has 1 rings (SSSR count). The predicted molar refractivity (Wildman–Crippen MR) is 64.8 cm³/mol. The first-order valence-electron chi connectivity index (χ1n) is 5.63. The van der Waals surface area contributed by atoms with Gasteiger partial charge in [0.2, 0.25) is 0 Å². The Hall–Kier alpha value is -1.35. The van der Waals surface area contributed by atoms with Crippen LogP contribution in [-0.2, 0) is 6.42 Å². The normalized spacial score (nSPS) is 10.7. The highest BCUT2D eigenvalue weighted by atomic mass is 16.4. The van der Waals surface area contributed by atoms with Gasteiger partial charge in [0.25, 0.3) is 0 Å². The summed E-state index contributed by atoms with van der Waals surface area (Å²) in [6.45, 7) is 6.09. The summed E-state index contributed by atoms with van der Waals surface area (Å²) >= 11 is 0. The average Bonchev–Trinajstić information content (AvgIpc) is 2.24. The number of aromatic carboxylic acids is 1. The molecule has 0 amide bonds. The third-order valence-corrected chi connectivity index (χ3v) is 2.37. The first-order chi connectivity index (χ1) is 7.61. The molecule has 88 valence electrons. The molecule has 0 atom stereocenters. The van der Waals surface area contributed by atoms with Crippen molar-refractivity contribution in [2.24, 2.45) is 5.92 Å². The zero-order chi connectivity index (χ0) is 12.0. The fourth-order valence-corrected chi connectivity index (χ4v) is 1.56. The number of benzene rings is 1. The molecule has 0 spiro atoms. The lowest BCUT2D eigenvalue weighted by molar-refractivity contribution is 0.0695. The van der Waals surface area contributed by atoms with Crippen LogP contribution in [0, 0.1) is 5.92 Å². The fraction of sp³-hybridized carbons (Fsp3) is 0.462. The largest absolute Gasteiger partial charge is 0.478 e. The summed E-state index contributed by atoms with van der Waals surface area (Å²) in [6, 6.07) is 7.17.